The van der Waals surface area contributed by atoms with Crippen LogP contribution in [0.2, 0.25) is 0 Å². The third kappa shape index (κ3) is 4.05. The molecule has 5 heteroatoms. The van der Waals surface area contributed by atoms with E-state index >= 15 is 0 Å². The number of ether oxygens (including phenoxy) is 2. The van der Waals surface area contributed by atoms with Crippen molar-refractivity contribution >= 4 is 5.91 Å². The number of nitrogens with two attached hydrogens (primary N) is 1. The maximum atomic E-state index is 11.3. The van der Waals surface area contributed by atoms with Gasteiger partial charge in [-0.1, -0.05) is 19.1 Å². The largest absolute Gasteiger partial charge is 0.497 e. The highest BCUT2D eigenvalue weighted by Crippen LogP contribution is 2.13. The second kappa shape index (κ2) is 6.88. The third-order valence-electron chi connectivity index (χ3n) is 2.42. The first-order chi connectivity index (χ1) is 8.21. The molecule has 0 aliphatic heterocycles. The summed E-state index contributed by atoms with van der Waals surface area (Å²) >= 11 is 0. The van der Waals surface area contributed by atoms with Gasteiger partial charge in [0.15, 0.2) is 0 Å². The van der Waals surface area contributed by atoms with Crippen molar-refractivity contribution in [1.29, 1.82) is 0 Å². The Balaban J connectivity index is 2.50. The molecule has 0 aliphatic carbocycles. The van der Waals surface area contributed by atoms with Gasteiger partial charge in [-0.15, -0.1) is 0 Å². The molecule has 1 amide bonds. The number of hydrazine groups is 1. The maximum Gasteiger partial charge on any atom is 0.262 e. The van der Waals surface area contributed by atoms with E-state index in [9.17, 15) is 4.79 Å². The number of amides is 1. The van der Waals surface area contributed by atoms with Crippen molar-refractivity contribution in [3.63, 3.8) is 0 Å². The molecule has 1 unspecified atom stereocenters. The van der Waals surface area contributed by atoms with E-state index in [0.717, 1.165) is 11.3 Å². The van der Waals surface area contributed by atoms with Crippen LogP contribution in [0.3, 0.4) is 0 Å². The number of benzene rings is 1. The highest BCUT2D eigenvalue weighted by atomic mass is 16.5. The van der Waals surface area contributed by atoms with Gasteiger partial charge < -0.3 is 9.47 Å². The van der Waals surface area contributed by atoms with E-state index in [-0.39, 0.29) is 5.91 Å². The van der Waals surface area contributed by atoms with Crippen LogP contribution in [0.4, 0.5) is 0 Å². The van der Waals surface area contributed by atoms with E-state index in [1.165, 1.54) is 0 Å². The lowest BCUT2D eigenvalue weighted by atomic mass is 10.2. The summed E-state index contributed by atoms with van der Waals surface area (Å²) in [4.78, 5) is 11.3. The van der Waals surface area contributed by atoms with Crippen molar-refractivity contribution in [2.24, 2.45) is 5.84 Å². The van der Waals surface area contributed by atoms with Crippen LogP contribution < -0.4 is 16.0 Å². The summed E-state index contributed by atoms with van der Waals surface area (Å²) in [7, 11) is 1.62. The van der Waals surface area contributed by atoms with Crippen molar-refractivity contribution in [1.82, 2.24) is 5.43 Å². The summed E-state index contributed by atoms with van der Waals surface area (Å²) in [5, 5.41) is 0. The van der Waals surface area contributed by atoms with Crippen LogP contribution in [0.1, 0.15) is 18.9 Å². The second-order valence-electron chi connectivity index (χ2n) is 3.56. The van der Waals surface area contributed by atoms with Crippen LogP contribution in [0.25, 0.3) is 0 Å². The van der Waals surface area contributed by atoms with Crippen LogP contribution in [0.15, 0.2) is 24.3 Å². The fourth-order valence-corrected chi connectivity index (χ4v) is 1.39. The Kier molecular flexibility index (Phi) is 5.45. The molecule has 17 heavy (non-hydrogen) atoms. The van der Waals surface area contributed by atoms with Gasteiger partial charge in [0, 0.05) is 0 Å². The van der Waals surface area contributed by atoms with Crippen LogP contribution in [-0.2, 0) is 16.1 Å². The van der Waals surface area contributed by atoms with Gasteiger partial charge in [-0.25, -0.2) is 5.84 Å². The molecule has 1 aromatic carbocycles. The Hall–Kier alpha value is -1.59. The lowest BCUT2D eigenvalue weighted by Crippen LogP contribution is -2.40. The summed E-state index contributed by atoms with van der Waals surface area (Å²) in [6.07, 6.45) is 0.0706. The standard InChI is InChI=1S/C12H18N2O3/c1-3-11(12(15)14-13)17-8-9-4-6-10(16-2)7-5-9/h4-7,11H,3,8,13H2,1-2H3,(H,14,15). The number of nitrogens with one attached hydrogen (secondary N) is 1. The van der Waals surface area contributed by atoms with Gasteiger partial charge in [0.1, 0.15) is 11.9 Å². The maximum absolute atomic E-state index is 11.3. The molecular formula is C12H18N2O3. The molecule has 0 spiro atoms. The number of hydrogen-bond donors (Lipinski definition) is 2. The number of rotatable bonds is 6. The zero-order valence-electron chi connectivity index (χ0n) is 10.1. The van der Waals surface area contributed by atoms with Gasteiger partial charge in [-0.3, -0.25) is 10.2 Å². The van der Waals surface area contributed by atoms with Gasteiger partial charge in [0.25, 0.3) is 5.91 Å². The molecule has 0 heterocycles. The number of carbonyl (C=O) groups is 1. The van der Waals surface area contributed by atoms with E-state index in [1.807, 2.05) is 31.2 Å². The molecule has 94 valence electrons. The summed E-state index contributed by atoms with van der Waals surface area (Å²) in [5.74, 6) is 5.55. The number of hydrogen-bond acceptors (Lipinski definition) is 4. The van der Waals surface area contributed by atoms with Gasteiger partial charge in [0.2, 0.25) is 0 Å². The minimum Gasteiger partial charge on any atom is -0.497 e. The molecule has 1 aromatic rings. The van der Waals surface area contributed by atoms with Crippen LogP contribution in [-0.4, -0.2) is 19.1 Å². The summed E-state index contributed by atoms with van der Waals surface area (Å²) in [6.45, 7) is 2.24. The molecule has 3 N–H and O–H groups in total. The van der Waals surface area contributed by atoms with Gasteiger partial charge in [0.05, 0.1) is 13.7 Å². The zero-order chi connectivity index (χ0) is 12.7. The average molecular weight is 238 g/mol. The van der Waals surface area contributed by atoms with Crippen molar-refractivity contribution in [3.8, 4) is 5.75 Å². The Labute approximate surface area is 101 Å². The topological polar surface area (TPSA) is 73.6 Å². The molecule has 0 bridgehead atoms. The minimum absolute atomic E-state index is 0.305. The van der Waals surface area contributed by atoms with Crippen molar-refractivity contribution in [3.05, 3.63) is 29.8 Å². The average Bonchev–Trinajstić information content (AvgIpc) is 2.39. The highest BCUT2D eigenvalue weighted by molar-refractivity contribution is 5.79. The molecule has 0 fully saturated rings. The van der Waals surface area contributed by atoms with E-state index in [2.05, 4.69) is 5.43 Å². The Bertz CT molecular complexity index is 351. The molecular weight excluding hydrogens is 220 g/mol. The number of carbonyl (C=O) groups excluding carboxylic acids is 1. The molecule has 0 aliphatic rings. The van der Waals surface area contributed by atoms with Crippen molar-refractivity contribution in [2.45, 2.75) is 26.1 Å². The summed E-state index contributed by atoms with van der Waals surface area (Å²) in [5.41, 5.74) is 3.07. The summed E-state index contributed by atoms with van der Waals surface area (Å²) in [6, 6.07) is 7.49. The van der Waals surface area contributed by atoms with Gasteiger partial charge in [-0.2, -0.15) is 0 Å². The molecule has 5 nitrogen and oxygen atoms in total. The molecule has 0 aromatic heterocycles. The van der Waals surface area contributed by atoms with Gasteiger partial charge in [-0.05, 0) is 24.1 Å². The smallest absolute Gasteiger partial charge is 0.262 e. The molecule has 0 radical (unpaired) electrons. The zero-order valence-corrected chi connectivity index (χ0v) is 10.1. The molecule has 1 rings (SSSR count). The van der Waals surface area contributed by atoms with E-state index in [0.29, 0.717) is 13.0 Å². The quantitative estimate of drug-likeness (QED) is 0.440. The highest BCUT2D eigenvalue weighted by Gasteiger charge is 2.15. The monoisotopic (exact) mass is 238 g/mol. The predicted octanol–water partition coefficient (Wildman–Crippen LogP) is 0.980. The van der Waals surface area contributed by atoms with Crippen LogP contribution in [0, 0.1) is 0 Å². The van der Waals surface area contributed by atoms with Crippen LogP contribution in [0.5, 0.6) is 5.75 Å². The van der Waals surface area contributed by atoms with Crippen molar-refractivity contribution in [2.75, 3.05) is 7.11 Å². The first kappa shape index (κ1) is 13.5. The normalized spacial score (nSPS) is 11.9. The fraction of sp³-hybridized carbons (Fsp3) is 0.417. The van der Waals surface area contributed by atoms with Crippen molar-refractivity contribution < 1.29 is 14.3 Å². The fourth-order valence-electron chi connectivity index (χ4n) is 1.39. The van der Waals surface area contributed by atoms with E-state index < -0.39 is 6.10 Å². The third-order valence-corrected chi connectivity index (χ3v) is 2.42. The van der Waals surface area contributed by atoms with E-state index in [4.69, 9.17) is 15.3 Å². The second-order valence-corrected chi connectivity index (χ2v) is 3.56. The lowest BCUT2D eigenvalue weighted by Gasteiger charge is -2.14. The molecule has 0 saturated heterocycles. The summed E-state index contributed by atoms with van der Waals surface area (Å²) < 4.78 is 10.5. The first-order valence-electron chi connectivity index (χ1n) is 5.46. The predicted molar refractivity (Wildman–Crippen MR) is 64.2 cm³/mol. The van der Waals surface area contributed by atoms with Crippen LogP contribution >= 0.6 is 0 Å². The molecule has 1 atom stereocenters. The Morgan fingerprint density at radius 2 is 2.06 bits per heavy atom. The SMILES string of the molecule is CCC(OCc1ccc(OC)cc1)C(=O)NN. The Morgan fingerprint density at radius 3 is 2.53 bits per heavy atom. The first-order valence-corrected chi connectivity index (χ1v) is 5.46. The Morgan fingerprint density at radius 1 is 1.41 bits per heavy atom. The number of methoxy groups -OCH3 is 1. The molecule has 0 saturated carbocycles. The minimum atomic E-state index is -0.512. The van der Waals surface area contributed by atoms with Gasteiger partial charge >= 0.3 is 0 Å². The van der Waals surface area contributed by atoms with E-state index in [1.54, 1.807) is 7.11 Å². The lowest BCUT2D eigenvalue weighted by molar-refractivity contribution is -0.133.